The van der Waals surface area contributed by atoms with Crippen LogP contribution < -0.4 is 16.4 Å². The molecule has 1 aromatic rings. The summed E-state index contributed by atoms with van der Waals surface area (Å²) in [6, 6.07) is 7.93. The molecule has 0 aliphatic heterocycles. The summed E-state index contributed by atoms with van der Waals surface area (Å²) in [5.41, 5.74) is 12.6. The van der Waals surface area contributed by atoms with Gasteiger partial charge in [0.15, 0.2) is 5.96 Å². The molecule has 0 amide bonds. The molecule has 0 aliphatic carbocycles. The first-order chi connectivity index (χ1) is 7.54. The van der Waals surface area contributed by atoms with Crippen molar-refractivity contribution in [2.45, 2.75) is 13.3 Å². The van der Waals surface area contributed by atoms with E-state index in [-0.39, 0.29) is 11.9 Å². The van der Waals surface area contributed by atoms with Gasteiger partial charge in [0, 0.05) is 12.7 Å². The summed E-state index contributed by atoms with van der Waals surface area (Å²) in [5.74, 6) is -0.0914. The van der Waals surface area contributed by atoms with Gasteiger partial charge in [0.1, 0.15) is 0 Å². The van der Waals surface area contributed by atoms with Crippen LogP contribution in [-0.2, 0) is 6.42 Å². The summed E-state index contributed by atoms with van der Waals surface area (Å²) >= 11 is 0. The van der Waals surface area contributed by atoms with Gasteiger partial charge in [-0.25, -0.2) is 0 Å². The number of aliphatic imine (C=N–C) groups is 1. The van der Waals surface area contributed by atoms with E-state index in [9.17, 15) is 0 Å². The molecule has 0 aliphatic rings. The Hall–Kier alpha value is -2.04. The van der Waals surface area contributed by atoms with Crippen molar-refractivity contribution in [2.75, 3.05) is 11.9 Å². The zero-order valence-electron chi connectivity index (χ0n) is 9.57. The van der Waals surface area contributed by atoms with Gasteiger partial charge in [0.05, 0.1) is 0 Å². The van der Waals surface area contributed by atoms with E-state index < -0.39 is 0 Å². The number of nitrogens with two attached hydrogens (primary N) is 2. The Morgan fingerprint density at radius 1 is 1.31 bits per heavy atom. The van der Waals surface area contributed by atoms with Crippen LogP contribution in [0.2, 0.25) is 0 Å². The van der Waals surface area contributed by atoms with Crippen LogP contribution in [0.25, 0.3) is 0 Å². The van der Waals surface area contributed by atoms with Gasteiger partial charge in [-0.2, -0.15) is 4.99 Å². The first kappa shape index (κ1) is 12.0. The Kier molecular flexibility index (Phi) is 3.88. The fourth-order valence-electron chi connectivity index (χ4n) is 1.27. The molecule has 16 heavy (non-hydrogen) atoms. The number of hydrogen-bond donors (Lipinski definition) is 3. The zero-order valence-corrected chi connectivity index (χ0v) is 9.57. The maximum Gasteiger partial charge on any atom is 0.225 e. The van der Waals surface area contributed by atoms with Crippen LogP contribution in [0, 0.1) is 5.41 Å². The lowest BCUT2D eigenvalue weighted by molar-refractivity contribution is 1.13. The predicted octanol–water partition coefficient (Wildman–Crippen LogP) is 0.893. The van der Waals surface area contributed by atoms with E-state index in [0.717, 1.165) is 12.1 Å². The fourth-order valence-corrected chi connectivity index (χ4v) is 1.27. The normalized spacial score (nSPS) is 9.62. The molecule has 0 radical (unpaired) electrons. The highest BCUT2D eigenvalue weighted by Gasteiger charge is 2.05. The third-order valence-corrected chi connectivity index (χ3v) is 2.28. The first-order valence-corrected chi connectivity index (χ1v) is 5.05. The number of guanidine groups is 2. The molecule has 0 atom stereocenters. The van der Waals surface area contributed by atoms with Gasteiger partial charge >= 0.3 is 0 Å². The number of nitrogens with one attached hydrogen (secondary N) is 1. The van der Waals surface area contributed by atoms with Gasteiger partial charge in [0.25, 0.3) is 0 Å². The van der Waals surface area contributed by atoms with E-state index in [0.29, 0.717) is 0 Å². The lowest BCUT2D eigenvalue weighted by atomic mass is 10.1. The molecule has 0 fully saturated rings. The molecule has 0 aromatic heterocycles. The average molecular weight is 219 g/mol. The number of aryl methyl sites for hydroxylation is 1. The molecule has 86 valence electrons. The number of nitrogens with zero attached hydrogens (tertiary/aromatic N) is 2. The number of rotatable bonds is 2. The molecule has 1 rings (SSSR count). The first-order valence-electron chi connectivity index (χ1n) is 5.05. The topological polar surface area (TPSA) is 91.5 Å². The maximum absolute atomic E-state index is 7.64. The number of hydrogen-bond acceptors (Lipinski definition) is 1. The standard InChI is InChI=1S/C11H17N5/c1-3-8-4-6-9(7-5-8)16(2)11(14)15-10(12)13/h4-7H,3H2,1-2H3,(H5,12,13,14,15). The van der Waals surface area contributed by atoms with Gasteiger partial charge in [-0.05, 0) is 24.1 Å². The minimum atomic E-state index is -0.109. The van der Waals surface area contributed by atoms with Crippen LogP contribution in [0.15, 0.2) is 29.3 Å². The Labute approximate surface area is 95.3 Å². The minimum absolute atomic E-state index is 0.0178. The van der Waals surface area contributed by atoms with Gasteiger partial charge in [-0.15, -0.1) is 0 Å². The third-order valence-electron chi connectivity index (χ3n) is 2.28. The van der Waals surface area contributed by atoms with Crippen molar-refractivity contribution in [3.8, 4) is 0 Å². The maximum atomic E-state index is 7.64. The highest BCUT2D eigenvalue weighted by molar-refractivity contribution is 6.00. The minimum Gasteiger partial charge on any atom is -0.370 e. The van der Waals surface area contributed by atoms with E-state index in [2.05, 4.69) is 11.9 Å². The summed E-state index contributed by atoms with van der Waals surface area (Å²) in [6.07, 6.45) is 0.995. The Balaban J connectivity index is 2.84. The van der Waals surface area contributed by atoms with Crippen molar-refractivity contribution in [1.29, 1.82) is 5.41 Å². The van der Waals surface area contributed by atoms with Crippen LogP contribution in [0.3, 0.4) is 0 Å². The van der Waals surface area contributed by atoms with Crippen LogP contribution >= 0.6 is 0 Å². The van der Waals surface area contributed by atoms with Crippen LogP contribution in [-0.4, -0.2) is 19.0 Å². The average Bonchev–Trinajstić information content (AvgIpc) is 2.27. The van der Waals surface area contributed by atoms with Gasteiger partial charge < -0.3 is 16.4 Å². The smallest absolute Gasteiger partial charge is 0.225 e. The second-order valence-corrected chi connectivity index (χ2v) is 3.44. The van der Waals surface area contributed by atoms with E-state index >= 15 is 0 Å². The van der Waals surface area contributed by atoms with Crippen LogP contribution in [0.1, 0.15) is 12.5 Å². The Morgan fingerprint density at radius 2 is 1.88 bits per heavy atom. The van der Waals surface area contributed by atoms with E-state index in [1.807, 2.05) is 24.3 Å². The summed E-state index contributed by atoms with van der Waals surface area (Å²) in [6.45, 7) is 2.10. The quantitative estimate of drug-likeness (QED) is 0.509. The molecule has 0 spiro atoms. The molecule has 0 heterocycles. The molecule has 0 bridgehead atoms. The molecule has 1 aromatic carbocycles. The predicted molar refractivity (Wildman–Crippen MR) is 67.8 cm³/mol. The number of benzene rings is 1. The van der Waals surface area contributed by atoms with Crippen molar-refractivity contribution < 1.29 is 0 Å². The Bertz CT molecular complexity index is 389. The van der Waals surface area contributed by atoms with Crippen molar-refractivity contribution in [2.24, 2.45) is 16.5 Å². The largest absolute Gasteiger partial charge is 0.370 e. The summed E-state index contributed by atoms with van der Waals surface area (Å²) < 4.78 is 0. The molecule has 0 saturated heterocycles. The molecule has 0 saturated carbocycles. The molecule has 5 heteroatoms. The summed E-state index contributed by atoms with van der Waals surface area (Å²) in [5, 5.41) is 7.64. The van der Waals surface area contributed by atoms with Gasteiger partial charge in [-0.3, -0.25) is 5.41 Å². The third kappa shape index (κ3) is 2.98. The molecular weight excluding hydrogens is 202 g/mol. The van der Waals surface area contributed by atoms with Crippen molar-refractivity contribution in [1.82, 2.24) is 0 Å². The second-order valence-electron chi connectivity index (χ2n) is 3.44. The lowest BCUT2D eigenvalue weighted by Gasteiger charge is -2.17. The van der Waals surface area contributed by atoms with E-state index in [4.69, 9.17) is 16.9 Å². The molecule has 0 unspecified atom stereocenters. The molecule has 5 N–H and O–H groups in total. The van der Waals surface area contributed by atoms with E-state index in [1.165, 1.54) is 5.56 Å². The summed E-state index contributed by atoms with van der Waals surface area (Å²) in [7, 11) is 1.75. The summed E-state index contributed by atoms with van der Waals surface area (Å²) in [4.78, 5) is 5.29. The molecular formula is C11H17N5. The molecule has 5 nitrogen and oxygen atoms in total. The second kappa shape index (κ2) is 5.16. The fraction of sp³-hybridized carbons (Fsp3) is 0.273. The van der Waals surface area contributed by atoms with E-state index in [1.54, 1.807) is 11.9 Å². The number of anilines is 1. The van der Waals surface area contributed by atoms with Crippen LogP contribution in [0.4, 0.5) is 5.69 Å². The SMILES string of the molecule is CCc1ccc(N(C)C(=N)N=C(N)N)cc1. The van der Waals surface area contributed by atoms with Crippen LogP contribution in [0.5, 0.6) is 0 Å². The van der Waals surface area contributed by atoms with Crippen molar-refractivity contribution in [3.05, 3.63) is 29.8 Å². The zero-order chi connectivity index (χ0) is 12.1. The highest BCUT2D eigenvalue weighted by atomic mass is 15.2. The van der Waals surface area contributed by atoms with Crippen molar-refractivity contribution in [3.63, 3.8) is 0 Å². The van der Waals surface area contributed by atoms with Crippen molar-refractivity contribution >= 4 is 17.6 Å². The Morgan fingerprint density at radius 3 is 2.31 bits per heavy atom. The monoisotopic (exact) mass is 219 g/mol. The van der Waals surface area contributed by atoms with Gasteiger partial charge in [0.2, 0.25) is 5.96 Å². The van der Waals surface area contributed by atoms with Gasteiger partial charge in [-0.1, -0.05) is 19.1 Å². The highest BCUT2D eigenvalue weighted by Crippen LogP contribution is 2.14. The lowest BCUT2D eigenvalue weighted by Crippen LogP contribution is -2.30.